The second-order valence-electron chi connectivity index (χ2n) is 8.80. The maximum atomic E-state index is 13.3. The largest absolute Gasteiger partial charge is 0.389 e. The number of aldehydes is 1. The molecule has 3 aliphatic rings. The molecule has 3 aliphatic carbocycles. The lowest BCUT2D eigenvalue weighted by atomic mass is 9.47. The van der Waals surface area contributed by atoms with Gasteiger partial charge < -0.3 is 5.11 Å². The predicted molar refractivity (Wildman–Crippen MR) is 99.3 cm³/mol. The van der Waals surface area contributed by atoms with Crippen molar-refractivity contribution in [1.82, 2.24) is 0 Å². The minimum absolute atomic E-state index is 0.116. The third kappa shape index (κ3) is 2.65. The Morgan fingerprint density at radius 3 is 2.62 bits per heavy atom. The molecule has 0 spiro atoms. The molecule has 0 heterocycles. The standard InChI is InChI=1S/C22H30O4/c1-4-10-21(2)14(9-11-23)5-6-15-16-7-8-17(19(26)13-24)22(16,3)12-18(25)20(15)21/h4,9-11,15-17,20,24H,5-8,12-13H2,1-3H3/b10-4-,14-9-. The summed E-state index contributed by atoms with van der Waals surface area (Å²) in [5.74, 6) is 0.330. The van der Waals surface area contributed by atoms with Gasteiger partial charge in [-0.2, -0.15) is 0 Å². The van der Waals surface area contributed by atoms with Gasteiger partial charge in [0.2, 0.25) is 0 Å². The Morgan fingerprint density at radius 1 is 1.27 bits per heavy atom. The first kappa shape index (κ1) is 19.2. The summed E-state index contributed by atoms with van der Waals surface area (Å²) < 4.78 is 0. The molecule has 0 amide bonds. The highest BCUT2D eigenvalue weighted by Crippen LogP contribution is 2.64. The highest BCUT2D eigenvalue weighted by Gasteiger charge is 2.62. The van der Waals surface area contributed by atoms with Crippen LogP contribution >= 0.6 is 0 Å². The fourth-order valence-corrected chi connectivity index (χ4v) is 6.66. The summed E-state index contributed by atoms with van der Waals surface area (Å²) in [6.45, 7) is 5.69. The number of rotatable bonds is 4. The molecule has 26 heavy (non-hydrogen) atoms. The molecule has 4 nitrogen and oxygen atoms in total. The van der Waals surface area contributed by atoms with Crippen molar-refractivity contribution in [2.24, 2.45) is 34.5 Å². The van der Waals surface area contributed by atoms with Crippen LogP contribution in [0.4, 0.5) is 0 Å². The summed E-state index contributed by atoms with van der Waals surface area (Å²) in [5.41, 5.74) is 0.293. The summed E-state index contributed by atoms with van der Waals surface area (Å²) in [4.78, 5) is 36.8. The summed E-state index contributed by atoms with van der Waals surface area (Å²) in [7, 11) is 0. The van der Waals surface area contributed by atoms with Gasteiger partial charge in [0.1, 0.15) is 18.7 Å². The zero-order valence-corrected chi connectivity index (χ0v) is 16.0. The van der Waals surface area contributed by atoms with Crippen LogP contribution in [-0.2, 0) is 14.4 Å². The van der Waals surface area contributed by atoms with Crippen LogP contribution in [0.3, 0.4) is 0 Å². The highest BCUT2D eigenvalue weighted by atomic mass is 16.3. The zero-order chi connectivity index (χ0) is 19.1. The molecule has 4 heteroatoms. The fraction of sp³-hybridized carbons (Fsp3) is 0.682. The maximum absolute atomic E-state index is 13.3. The molecule has 0 bridgehead atoms. The molecular weight excluding hydrogens is 328 g/mol. The van der Waals surface area contributed by atoms with E-state index in [9.17, 15) is 19.5 Å². The summed E-state index contributed by atoms with van der Waals surface area (Å²) in [6.07, 6.45) is 10.4. The van der Waals surface area contributed by atoms with Gasteiger partial charge in [-0.3, -0.25) is 14.4 Å². The minimum Gasteiger partial charge on any atom is -0.389 e. The fourth-order valence-electron chi connectivity index (χ4n) is 6.66. The van der Waals surface area contributed by atoms with Crippen molar-refractivity contribution in [3.8, 4) is 0 Å². The van der Waals surface area contributed by atoms with Crippen molar-refractivity contribution in [3.05, 3.63) is 23.8 Å². The maximum Gasteiger partial charge on any atom is 0.161 e. The Balaban J connectivity index is 2.03. The van der Waals surface area contributed by atoms with Crippen LogP contribution in [0.15, 0.2) is 23.8 Å². The van der Waals surface area contributed by atoms with E-state index in [1.807, 2.05) is 13.0 Å². The molecule has 3 fully saturated rings. The zero-order valence-electron chi connectivity index (χ0n) is 16.0. The van der Waals surface area contributed by atoms with E-state index in [-0.39, 0.29) is 34.7 Å². The van der Waals surface area contributed by atoms with Gasteiger partial charge in [-0.15, -0.1) is 0 Å². The quantitative estimate of drug-likeness (QED) is 0.475. The molecule has 0 aliphatic heterocycles. The molecule has 6 atom stereocenters. The molecular formula is C22H30O4. The SMILES string of the molecule is C/C=C\C1(C)/C(=C\C=O)CCC2C1C(=O)CC1(C)C(C(=O)CO)CCC21. The van der Waals surface area contributed by atoms with Crippen LogP contribution in [0.5, 0.6) is 0 Å². The Labute approximate surface area is 155 Å². The van der Waals surface area contributed by atoms with Crippen LogP contribution < -0.4 is 0 Å². The van der Waals surface area contributed by atoms with E-state index in [1.165, 1.54) is 0 Å². The van der Waals surface area contributed by atoms with E-state index < -0.39 is 12.0 Å². The number of allylic oxidation sites excluding steroid dienone is 4. The van der Waals surface area contributed by atoms with Crippen LogP contribution in [-0.4, -0.2) is 29.6 Å². The molecule has 0 aromatic heterocycles. The number of hydrogen-bond acceptors (Lipinski definition) is 4. The van der Waals surface area contributed by atoms with Gasteiger partial charge in [0.25, 0.3) is 0 Å². The lowest BCUT2D eigenvalue weighted by Crippen LogP contribution is -2.54. The topological polar surface area (TPSA) is 71.4 Å². The number of hydrogen-bond donors (Lipinski definition) is 1. The number of ketones is 2. The molecule has 0 aromatic carbocycles. The summed E-state index contributed by atoms with van der Waals surface area (Å²) in [6, 6.07) is 0. The molecule has 1 N–H and O–H groups in total. The van der Waals surface area contributed by atoms with Crippen molar-refractivity contribution < 1.29 is 19.5 Å². The molecule has 3 rings (SSSR count). The Hall–Kier alpha value is -1.55. The van der Waals surface area contributed by atoms with Crippen LogP contribution in [0, 0.1) is 34.5 Å². The van der Waals surface area contributed by atoms with E-state index >= 15 is 0 Å². The summed E-state index contributed by atoms with van der Waals surface area (Å²) >= 11 is 0. The normalized spacial score (nSPS) is 44.2. The van der Waals surface area contributed by atoms with E-state index in [1.54, 1.807) is 6.08 Å². The van der Waals surface area contributed by atoms with Gasteiger partial charge in [0.05, 0.1) is 0 Å². The second-order valence-corrected chi connectivity index (χ2v) is 8.80. The second kappa shape index (κ2) is 6.88. The molecule has 0 saturated heterocycles. The van der Waals surface area contributed by atoms with Crippen molar-refractivity contribution in [1.29, 1.82) is 0 Å². The molecule has 6 unspecified atom stereocenters. The Kier molecular flexibility index (Phi) is 5.08. The van der Waals surface area contributed by atoms with Gasteiger partial charge in [-0.05, 0) is 55.9 Å². The Morgan fingerprint density at radius 2 is 2.00 bits per heavy atom. The van der Waals surface area contributed by atoms with E-state index in [0.717, 1.165) is 37.5 Å². The molecule has 0 aromatic rings. The lowest BCUT2D eigenvalue weighted by Gasteiger charge is -2.55. The number of aliphatic hydroxyl groups excluding tert-OH is 1. The molecule has 0 radical (unpaired) electrons. The molecule has 3 saturated carbocycles. The first-order chi connectivity index (χ1) is 12.3. The van der Waals surface area contributed by atoms with E-state index in [0.29, 0.717) is 12.3 Å². The molecule has 142 valence electrons. The number of carbonyl (C=O) groups is 3. The van der Waals surface area contributed by atoms with Gasteiger partial charge in [0, 0.05) is 23.7 Å². The minimum atomic E-state index is -0.433. The first-order valence-electron chi connectivity index (χ1n) is 9.78. The third-order valence-corrected chi connectivity index (χ3v) is 7.67. The monoisotopic (exact) mass is 358 g/mol. The predicted octanol–water partition coefficient (Wildman–Crippen LogP) is 3.29. The number of carbonyl (C=O) groups excluding carboxylic acids is 3. The summed E-state index contributed by atoms with van der Waals surface area (Å²) in [5, 5.41) is 9.36. The average Bonchev–Trinajstić information content (AvgIpc) is 2.93. The van der Waals surface area contributed by atoms with Gasteiger partial charge in [-0.25, -0.2) is 0 Å². The number of Topliss-reactive ketones (excluding diaryl/α,β-unsaturated/α-hetero) is 2. The van der Waals surface area contributed by atoms with Crippen LogP contribution in [0.2, 0.25) is 0 Å². The highest BCUT2D eigenvalue weighted by molar-refractivity contribution is 5.88. The van der Waals surface area contributed by atoms with Gasteiger partial charge >= 0.3 is 0 Å². The number of fused-ring (bicyclic) bond motifs is 3. The van der Waals surface area contributed by atoms with E-state index in [4.69, 9.17) is 0 Å². The third-order valence-electron chi connectivity index (χ3n) is 7.67. The van der Waals surface area contributed by atoms with Crippen molar-refractivity contribution in [2.45, 2.75) is 52.9 Å². The lowest BCUT2D eigenvalue weighted by molar-refractivity contribution is -0.145. The van der Waals surface area contributed by atoms with E-state index in [2.05, 4.69) is 19.9 Å². The van der Waals surface area contributed by atoms with Crippen LogP contribution in [0.1, 0.15) is 52.9 Å². The van der Waals surface area contributed by atoms with Crippen molar-refractivity contribution in [3.63, 3.8) is 0 Å². The first-order valence-corrected chi connectivity index (χ1v) is 9.78. The average molecular weight is 358 g/mol. The van der Waals surface area contributed by atoms with Gasteiger partial charge in [-0.1, -0.05) is 31.6 Å². The van der Waals surface area contributed by atoms with Crippen molar-refractivity contribution >= 4 is 17.9 Å². The Bertz CT molecular complexity index is 676. The smallest absolute Gasteiger partial charge is 0.161 e. The van der Waals surface area contributed by atoms with Crippen LogP contribution in [0.25, 0.3) is 0 Å². The van der Waals surface area contributed by atoms with Crippen molar-refractivity contribution in [2.75, 3.05) is 6.61 Å². The number of aliphatic hydroxyl groups is 1. The van der Waals surface area contributed by atoms with Gasteiger partial charge in [0.15, 0.2) is 5.78 Å².